The molecule has 0 radical (unpaired) electrons. The molecule has 0 spiro atoms. The second kappa shape index (κ2) is 14.0. The topological polar surface area (TPSA) is 72.0 Å². The fourth-order valence-electron chi connectivity index (χ4n) is 1.48. The SMILES string of the molecule is CCCCOCCCNC(=NC)NCC(=O)OC(C)(C)C.I. The summed E-state index contributed by atoms with van der Waals surface area (Å²) in [5.74, 6) is 0.294. The van der Waals surface area contributed by atoms with Crippen LogP contribution < -0.4 is 10.6 Å². The van der Waals surface area contributed by atoms with Crippen molar-refractivity contribution in [2.45, 2.75) is 52.6 Å². The van der Waals surface area contributed by atoms with Gasteiger partial charge in [0.2, 0.25) is 0 Å². The van der Waals surface area contributed by atoms with Gasteiger partial charge in [-0.2, -0.15) is 0 Å². The number of carbonyl (C=O) groups excluding carboxylic acids is 1. The molecular formula is C15H32IN3O3. The first-order valence-corrected chi connectivity index (χ1v) is 7.63. The minimum Gasteiger partial charge on any atom is -0.459 e. The van der Waals surface area contributed by atoms with Gasteiger partial charge >= 0.3 is 5.97 Å². The Kier molecular flexibility index (Phi) is 15.1. The van der Waals surface area contributed by atoms with Crippen molar-refractivity contribution in [3.05, 3.63) is 0 Å². The summed E-state index contributed by atoms with van der Waals surface area (Å²) in [6.07, 6.45) is 3.16. The summed E-state index contributed by atoms with van der Waals surface area (Å²) < 4.78 is 10.7. The van der Waals surface area contributed by atoms with Gasteiger partial charge in [-0.3, -0.25) is 9.79 Å². The number of esters is 1. The molecule has 0 aliphatic heterocycles. The lowest BCUT2D eigenvalue weighted by Crippen LogP contribution is -2.42. The Labute approximate surface area is 151 Å². The molecule has 2 N–H and O–H groups in total. The van der Waals surface area contributed by atoms with Gasteiger partial charge in [0, 0.05) is 26.8 Å². The number of hydrogen-bond donors (Lipinski definition) is 2. The van der Waals surface area contributed by atoms with Gasteiger partial charge in [-0.1, -0.05) is 13.3 Å². The van der Waals surface area contributed by atoms with Crippen LogP contribution in [0.15, 0.2) is 4.99 Å². The predicted molar refractivity (Wildman–Crippen MR) is 101 cm³/mol. The van der Waals surface area contributed by atoms with Crippen LogP contribution in [0.5, 0.6) is 0 Å². The first-order valence-electron chi connectivity index (χ1n) is 7.63. The maximum Gasteiger partial charge on any atom is 0.325 e. The number of aliphatic imine (C=N–C) groups is 1. The standard InChI is InChI=1S/C15H31N3O3.HI/c1-6-7-10-20-11-8-9-17-14(16-5)18-12-13(19)21-15(2,3)4;/h6-12H2,1-5H3,(H2,16,17,18);1H. The zero-order chi connectivity index (χ0) is 16.1. The Morgan fingerprint density at radius 1 is 1.14 bits per heavy atom. The van der Waals surface area contributed by atoms with Gasteiger partial charge in [-0.25, -0.2) is 0 Å². The molecule has 0 amide bonds. The molecule has 0 aliphatic carbocycles. The van der Waals surface area contributed by atoms with Crippen LogP contribution in [0.25, 0.3) is 0 Å². The number of unbranched alkanes of at least 4 members (excludes halogenated alkanes) is 1. The number of halogens is 1. The largest absolute Gasteiger partial charge is 0.459 e. The van der Waals surface area contributed by atoms with Crippen LogP contribution in [-0.2, 0) is 14.3 Å². The van der Waals surface area contributed by atoms with Crippen molar-refractivity contribution in [2.75, 3.05) is 33.4 Å². The highest BCUT2D eigenvalue weighted by Crippen LogP contribution is 2.06. The Bertz CT molecular complexity index is 318. The molecule has 6 nitrogen and oxygen atoms in total. The summed E-state index contributed by atoms with van der Waals surface area (Å²) in [5.41, 5.74) is -0.467. The van der Waals surface area contributed by atoms with E-state index in [2.05, 4.69) is 22.5 Å². The van der Waals surface area contributed by atoms with Crippen LogP contribution in [-0.4, -0.2) is 50.9 Å². The highest BCUT2D eigenvalue weighted by atomic mass is 127. The molecule has 0 saturated carbocycles. The second-order valence-electron chi connectivity index (χ2n) is 5.76. The summed E-state index contributed by atoms with van der Waals surface area (Å²) >= 11 is 0. The van der Waals surface area contributed by atoms with Crippen LogP contribution in [0.1, 0.15) is 47.0 Å². The fourth-order valence-corrected chi connectivity index (χ4v) is 1.48. The van der Waals surface area contributed by atoms with Crippen molar-refractivity contribution in [1.82, 2.24) is 10.6 Å². The molecule has 7 heteroatoms. The number of hydrogen-bond acceptors (Lipinski definition) is 4. The number of carbonyl (C=O) groups is 1. The summed E-state index contributed by atoms with van der Waals surface area (Å²) in [7, 11) is 1.67. The van der Waals surface area contributed by atoms with E-state index in [4.69, 9.17) is 9.47 Å². The van der Waals surface area contributed by atoms with Crippen LogP contribution in [0.4, 0.5) is 0 Å². The summed E-state index contributed by atoms with van der Waals surface area (Å²) in [4.78, 5) is 15.6. The fraction of sp³-hybridized carbons (Fsp3) is 0.867. The zero-order valence-corrected chi connectivity index (χ0v) is 16.9. The minimum absolute atomic E-state index is 0. The first-order chi connectivity index (χ1) is 9.89. The van der Waals surface area contributed by atoms with Gasteiger partial charge in [0.05, 0.1) is 0 Å². The number of nitrogens with zero attached hydrogens (tertiary/aromatic N) is 1. The molecule has 0 rings (SSSR count). The van der Waals surface area contributed by atoms with Crippen LogP contribution in [0.2, 0.25) is 0 Å². The van der Waals surface area contributed by atoms with E-state index >= 15 is 0 Å². The highest BCUT2D eigenvalue weighted by Gasteiger charge is 2.16. The molecule has 0 saturated heterocycles. The molecule has 0 bridgehead atoms. The summed E-state index contributed by atoms with van der Waals surface area (Å²) in [5, 5.41) is 6.06. The van der Waals surface area contributed by atoms with Crippen molar-refractivity contribution in [1.29, 1.82) is 0 Å². The third-order valence-corrected chi connectivity index (χ3v) is 2.44. The molecule has 0 unspecified atom stereocenters. The highest BCUT2D eigenvalue weighted by molar-refractivity contribution is 14.0. The van der Waals surface area contributed by atoms with E-state index in [9.17, 15) is 4.79 Å². The van der Waals surface area contributed by atoms with Gasteiger partial charge in [-0.15, -0.1) is 24.0 Å². The van der Waals surface area contributed by atoms with Crippen LogP contribution >= 0.6 is 24.0 Å². The molecule has 0 aromatic rings. The molecule has 0 atom stereocenters. The van der Waals surface area contributed by atoms with Crippen molar-refractivity contribution >= 4 is 35.9 Å². The number of ether oxygens (including phenoxy) is 2. The Morgan fingerprint density at radius 2 is 1.77 bits per heavy atom. The van der Waals surface area contributed by atoms with E-state index in [1.165, 1.54) is 0 Å². The summed E-state index contributed by atoms with van der Waals surface area (Å²) in [6.45, 7) is 10.1. The van der Waals surface area contributed by atoms with E-state index in [0.717, 1.165) is 39.0 Å². The lowest BCUT2D eigenvalue weighted by molar-refractivity contribution is -0.153. The predicted octanol–water partition coefficient (Wildman–Crippen LogP) is 2.32. The molecule has 132 valence electrons. The molecular weight excluding hydrogens is 397 g/mol. The molecule has 0 aliphatic rings. The Balaban J connectivity index is 0. The number of guanidine groups is 1. The monoisotopic (exact) mass is 429 g/mol. The maximum atomic E-state index is 11.6. The van der Waals surface area contributed by atoms with Crippen LogP contribution in [0.3, 0.4) is 0 Å². The van der Waals surface area contributed by atoms with Gasteiger partial charge in [0.15, 0.2) is 5.96 Å². The normalized spacial score (nSPS) is 11.6. The average molecular weight is 429 g/mol. The quantitative estimate of drug-likeness (QED) is 0.194. The van der Waals surface area contributed by atoms with E-state index in [-0.39, 0.29) is 36.5 Å². The van der Waals surface area contributed by atoms with Gasteiger partial charge in [-0.05, 0) is 33.6 Å². The van der Waals surface area contributed by atoms with Crippen molar-refractivity contribution in [3.63, 3.8) is 0 Å². The van der Waals surface area contributed by atoms with E-state index in [0.29, 0.717) is 5.96 Å². The van der Waals surface area contributed by atoms with E-state index in [1.807, 2.05) is 20.8 Å². The smallest absolute Gasteiger partial charge is 0.325 e. The lowest BCUT2D eigenvalue weighted by Gasteiger charge is -2.20. The molecule has 0 aromatic carbocycles. The van der Waals surface area contributed by atoms with Gasteiger partial charge in [0.1, 0.15) is 12.1 Å². The minimum atomic E-state index is -0.467. The van der Waals surface area contributed by atoms with Gasteiger partial charge < -0.3 is 20.1 Å². The molecule has 0 heterocycles. The first kappa shape index (κ1) is 23.7. The van der Waals surface area contributed by atoms with E-state index in [1.54, 1.807) is 7.05 Å². The van der Waals surface area contributed by atoms with Gasteiger partial charge in [0.25, 0.3) is 0 Å². The molecule has 0 aromatic heterocycles. The zero-order valence-electron chi connectivity index (χ0n) is 14.5. The van der Waals surface area contributed by atoms with Crippen molar-refractivity contribution < 1.29 is 14.3 Å². The maximum absolute atomic E-state index is 11.6. The number of nitrogens with one attached hydrogen (secondary N) is 2. The Hall–Kier alpha value is -0.570. The third-order valence-electron chi connectivity index (χ3n) is 2.44. The average Bonchev–Trinajstić information content (AvgIpc) is 2.39. The Morgan fingerprint density at radius 3 is 2.32 bits per heavy atom. The second-order valence-corrected chi connectivity index (χ2v) is 5.76. The van der Waals surface area contributed by atoms with Crippen molar-refractivity contribution in [2.24, 2.45) is 4.99 Å². The molecule has 22 heavy (non-hydrogen) atoms. The number of rotatable bonds is 9. The molecule has 0 fully saturated rings. The third kappa shape index (κ3) is 15.8. The van der Waals surface area contributed by atoms with E-state index < -0.39 is 5.60 Å². The van der Waals surface area contributed by atoms with Crippen LogP contribution in [0, 0.1) is 0 Å². The van der Waals surface area contributed by atoms with Crippen molar-refractivity contribution in [3.8, 4) is 0 Å². The lowest BCUT2D eigenvalue weighted by atomic mass is 10.2. The summed E-state index contributed by atoms with van der Waals surface area (Å²) in [6, 6.07) is 0.